The van der Waals surface area contributed by atoms with Crippen LogP contribution in [0.1, 0.15) is 45.7 Å². The Morgan fingerprint density at radius 2 is 1.27 bits per heavy atom. The van der Waals surface area contributed by atoms with Gasteiger partial charge >= 0.3 is 12.1 Å². The zero-order chi connectivity index (χ0) is 24.4. The third-order valence-corrected chi connectivity index (χ3v) is 4.53. The van der Waals surface area contributed by atoms with Crippen molar-refractivity contribution in [2.45, 2.75) is 71.2 Å². The SMILES string of the molecule is CC(C)OC(=O)[C@H](Cc1ccccc1)NC(=O)[C@@H](Cc1ccccc1)NC(=O)OC(C)(C)C. The first kappa shape index (κ1) is 25.9. The van der Waals surface area contributed by atoms with Crippen molar-refractivity contribution >= 4 is 18.0 Å². The predicted octanol–water partition coefficient (Wildman–Crippen LogP) is 3.80. The summed E-state index contributed by atoms with van der Waals surface area (Å²) in [5.74, 6) is -1.02. The van der Waals surface area contributed by atoms with Crippen LogP contribution in [0.5, 0.6) is 0 Å². The Balaban J connectivity index is 2.21. The molecule has 0 fully saturated rings. The molecule has 0 aliphatic rings. The van der Waals surface area contributed by atoms with Gasteiger partial charge < -0.3 is 20.1 Å². The molecule has 0 unspecified atom stereocenters. The summed E-state index contributed by atoms with van der Waals surface area (Å²) >= 11 is 0. The summed E-state index contributed by atoms with van der Waals surface area (Å²) < 4.78 is 10.7. The first-order chi connectivity index (χ1) is 15.5. The maximum absolute atomic E-state index is 13.3. The van der Waals surface area contributed by atoms with Crippen LogP contribution in [0.25, 0.3) is 0 Å². The minimum atomic E-state index is -0.938. The van der Waals surface area contributed by atoms with E-state index in [-0.39, 0.29) is 18.9 Å². The predicted molar refractivity (Wildman–Crippen MR) is 127 cm³/mol. The number of nitrogens with one attached hydrogen (secondary N) is 2. The molecule has 2 rings (SSSR count). The second kappa shape index (κ2) is 12.0. The summed E-state index contributed by atoms with van der Waals surface area (Å²) in [6.07, 6.45) is -0.526. The highest BCUT2D eigenvalue weighted by atomic mass is 16.6. The summed E-state index contributed by atoms with van der Waals surface area (Å²) in [5.41, 5.74) is 1.02. The molecular weight excluding hydrogens is 420 g/mol. The Morgan fingerprint density at radius 1 is 0.788 bits per heavy atom. The summed E-state index contributed by atoms with van der Waals surface area (Å²) in [6.45, 7) is 8.74. The van der Waals surface area contributed by atoms with Gasteiger partial charge in [-0.1, -0.05) is 60.7 Å². The Labute approximate surface area is 195 Å². The van der Waals surface area contributed by atoms with Gasteiger partial charge in [-0.25, -0.2) is 9.59 Å². The van der Waals surface area contributed by atoms with Crippen LogP contribution < -0.4 is 10.6 Å². The molecule has 0 spiro atoms. The van der Waals surface area contributed by atoms with Crippen LogP contribution in [0.3, 0.4) is 0 Å². The molecule has 178 valence electrons. The summed E-state index contributed by atoms with van der Waals surface area (Å²) in [4.78, 5) is 38.4. The molecule has 0 aliphatic carbocycles. The fourth-order valence-corrected chi connectivity index (χ4v) is 3.14. The number of carbonyl (C=O) groups excluding carboxylic acids is 3. The van der Waals surface area contributed by atoms with Crippen LogP contribution in [0.2, 0.25) is 0 Å². The van der Waals surface area contributed by atoms with Crippen molar-refractivity contribution in [2.24, 2.45) is 0 Å². The normalized spacial score (nSPS) is 13.0. The highest BCUT2D eigenvalue weighted by Crippen LogP contribution is 2.11. The van der Waals surface area contributed by atoms with Crippen molar-refractivity contribution in [1.82, 2.24) is 10.6 Å². The van der Waals surface area contributed by atoms with Crippen LogP contribution in [0, 0.1) is 0 Å². The fourth-order valence-electron chi connectivity index (χ4n) is 3.14. The monoisotopic (exact) mass is 454 g/mol. The molecule has 0 aliphatic heterocycles. The zero-order valence-corrected chi connectivity index (χ0v) is 20.0. The van der Waals surface area contributed by atoms with E-state index >= 15 is 0 Å². The second-order valence-corrected chi connectivity index (χ2v) is 9.13. The number of esters is 1. The van der Waals surface area contributed by atoms with Crippen molar-refractivity contribution < 1.29 is 23.9 Å². The molecule has 0 bridgehead atoms. The molecule has 2 N–H and O–H groups in total. The summed E-state index contributed by atoms with van der Waals surface area (Å²) in [6, 6.07) is 16.8. The number of ether oxygens (including phenoxy) is 2. The first-order valence-corrected chi connectivity index (χ1v) is 11.1. The summed E-state index contributed by atoms with van der Waals surface area (Å²) in [5, 5.41) is 5.42. The van der Waals surface area contributed by atoms with Crippen molar-refractivity contribution in [3.63, 3.8) is 0 Å². The third-order valence-electron chi connectivity index (χ3n) is 4.53. The van der Waals surface area contributed by atoms with Crippen LogP contribution in [-0.4, -0.2) is 41.8 Å². The van der Waals surface area contributed by atoms with Crippen molar-refractivity contribution in [3.8, 4) is 0 Å². The lowest BCUT2D eigenvalue weighted by atomic mass is 10.0. The van der Waals surface area contributed by atoms with E-state index in [9.17, 15) is 14.4 Å². The minimum Gasteiger partial charge on any atom is -0.461 e. The van der Waals surface area contributed by atoms with E-state index in [1.54, 1.807) is 34.6 Å². The molecule has 2 amide bonds. The quantitative estimate of drug-likeness (QED) is 0.562. The Hall–Kier alpha value is -3.35. The first-order valence-electron chi connectivity index (χ1n) is 11.1. The van der Waals surface area contributed by atoms with Gasteiger partial charge in [0.25, 0.3) is 0 Å². The molecule has 2 aromatic carbocycles. The van der Waals surface area contributed by atoms with E-state index in [0.717, 1.165) is 11.1 Å². The van der Waals surface area contributed by atoms with Crippen LogP contribution >= 0.6 is 0 Å². The van der Waals surface area contributed by atoms with Crippen molar-refractivity contribution in [2.75, 3.05) is 0 Å². The van der Waals surface area contributed by atoms with Crippen LogP contribution in [0.15, 0.2) is 60.7 Å². The second-order valence-electron chi connectivity index (χ2n) is 9.13. The Kier molecular flexibility index (Phi) is 9.45. The minimum absolute atomic E-state index is 0.239. The van der Waals surface area contributed by atoms with E-state index in [2.05, 4.69) is 10.6 Å². The largest absolute Gasteiger partial charge is 0.461 e. The van der Waals surface area contributed by atoms with E-state index in [0.29, 0.717) is 0 Å². The molecule has 0 saturated carbocycles. The Bertz CT molecular complexity index is 907. The molecule has 2 aromatic rings. The van der Waals surface area contributed by atoms with Crippen molar-refractivity contribution in [1.29, 1.82) is 0 Å². The van der Waals surface area contributed by atoms with Gasteiger partial charge in [-0.15, -0.1) is 0 Å². The number of hydrogen-bond acceptors (Lipinski definition) is 5. The number of carbonyl (C=O) groups is 3. The van der Waals surface area contributed by atoms with E-state index in [1.165, 1.54) is 0 Å². The zero-order valence-electron chi connectivity index (χ0n) is 20.0. The molecule has 33 heavy (non-hydrogen) atoms. The lowest BCUT2D eigenvalue weighted by Gasteiger charge is -2.25. The van der Waals surface area contributed by atoms with Gasteiger partial charge in [-0.3, -0.25) is 4.79 Å². The van der Waals surface area contributed by atoms with Gasteiger partial charge in [-0.05, 0) is 45.7 Å². The molecule has 0 saturated heterocycles. The molecule has 2 atom stereocenters. The van der Waals surface area contributed by atoms with Gasteiger partial charge in [0.2, 0.25) is 5.91 Å². The average molecular weight is 455 g/mol. The summed E-state index contributed by atoms with van der Waals surface area (Å²) in [7, 11) is 0. The molecule has 0 radical (unpaired) electrons. The van der Waals surface area contributed by atoms with Crippen LogP contribution in [0.4, 0.5) is 4.79 Å². The third kappa shape index (κ3) is 9.76. The topological polar surface area (TPSA) is 93.7 Å². The molecular formula is C26H34N2O5. The molecule has 7 nitrogen and oxygen atoms in total. The van der Waals surface area contributed by atoms with Gasteiger partial charge in [0.15, 0.2) is 0 Å². The maximum Gasteiger partial charge on any atom is 0.408 e. The van der Waals surface area contributed by atoms with Crippen LogP contribution in [-0.2, 0) is 31.9 Å². The number of alkyl carbamates (subject to hydrolysis) is 1. The van der Waals surface area contributed by atoms with E-state index in [4.69, 9.17) is 9.47 Å². The number of amides is 2. The number of rotatable bonds is 9. The lowest BCUT2D eigenvalue weighted by Crippen LogP contribution is -2.54. The fraction of sp³-hybridized carbons (Fsp3) is 0.423. The van der Waals surface area contributed by atoms with Gasteiger partial charge in [0.1, 0.15) is 17.7 Å². The number of benzene rings is 2. The Morgan fingerprint density at radius 3 is 1.73 bits per heavy atom. The molecule has 7 heteroatoms. The smallest absolute Gasteiger partial charge is 0.408 e. The maximum atomic E-state index is 13.3. The van der Waals surface area contributed by atoms with E-state index < -0.39 is 35.7 Å². The van der Waals surface area contributed by atoms with E-state index in [1.807, 2.05) is 60.7 Å². The van der Waals surface area contributed by atoms with Gasteiger partial charge in [0, 0.05) is 12.8 Å². The highest BCUT2D eigenvalue weighted by Gasteiger charge is 2.30. The number of hydrogen-bond donors (Lipinski definition) is 2. The highest BCUT2D eigenvalue weighted by molar-refractivity contribution is 5.90. The van der Waals surface area contributed by atoms with Gasteiger partial charge in [-0.2, -0.15) is 0 Å². The molecule has 0 heterocycles. The average Bonchev–Trinajstić information content (AvgIpc) is 2.72. The van der Waals surface area contributed by atoms with Gasteiger partial charge in [0.05, 0.1) is 6.10 Å². The van der Waals surface area contributed by atoms with Crippen molar-refractivity contribution in [3.05, 3.63) is 71.8 Å². The molecule has 0 aromatic heterocycles. The lowest BCUT2D eigenvalue weighted by molar-refractivity contribution is -0.151. The standard InChI is InChI=1S/C26H34N2O5/c1-18(2)32-24(30)22(17-20-14-10-7-11-15-20)27-23(29)21(16-19-12-8-6-9-13-19)28-25(31)33-26(3,4)5/h6-15,18,21-22H,16-17H2,1-5H3,(H,27,29)(H,28,31)/t21-,22+/m1/s1.